The van der Waals surface area contributed by atoms with Crippen molar-refractivity contribution >= 4 is 29.3 Å². The lowest BCUT2D eigenvalue weighted by Crippen LogP contribution is -2.13. The van der Waals surface area contributed by atoms with Gasteiger partial charge in [0.25, 0.3) is 5.91 Å². The van der Waals surface area contributed by atoms with Crippen LogP contribution in [0.15, 0.2) is 78.9 Å². The van der Waals surface area contributed by atoms with Gasteiger partial charge >= 0.3 is 0 Å². The molecule has 0 fully saturated rings. The van der Waals surface area contributed by atoms with Crippen molar-refractivity contribution in [2.45, 2.75) is 13.8 Å². The second-order valence-electron chi connectivity index (χ2n) is 6.64. The van der Waals surface area contributed by atoms with E-state index >= 15 is 0 Å². The Kier molecular flexibility index (Phi) is 6.02. The predicted octanol–water partition coefficient (Wildman–Crippen LogP) is 5.21. The number of hydrogen-bond donors (Lipinski definition) is 2. The van der Waals surface area contributed by atoms with E-state index in [2.05, 4.69) is 10.6 Å². The Hall–Kier alpha value is -3.66. The minimum Gasteiger partial charge on any atom is -0.322 e. The molecule has 2 N–H and O–H groups in total. The van der Waals surface area contributed by atoms with Crippen LogP contribution in [-0.2, 0) is 4.79 Å². The maximum atomic E-state index is 12.5. The van der Waals surface area contributed by atoms with Crippen molar-refractivity contribution in [3.63, 3.8) is 0 Å². The molecule has 0 spiro atoms. The Bertz CT molecular complexity index is 1020. The minimum absolute atomic E-state index is 0.225. The molecule has 3 aromatic rings. The van der Waals surface area contributed by atoms with Crippen molar-refractivity contribution in [3.05, 3.63) is 101 Å². The average molecular weight is 370 g/mol. The molecule has 4 heteroatoms. The van der Waals surface area contributed by atoms with Gasteiger partial charge < -0.3 is 10.6 Å². The van der Waals surface area contributed by atoms with Crippen LogP contribution in [-0.4, -0.2) is 11.8 Å². The van der Waals surface area contributed by atoms with E-state index in [1.54, 1.807) is 30.3 Å². The maximum absolute atomic E-state index is 12.5. The number of hydrogen-bond acceptors (Lipinski definition) is 2. The van der Waals surface area contributed by atoms with Gasteiger partial charge in [-0.1, -0.05) is 48.0 Å². The highest BCUT2D eigenvalue weighted by molar-refractivity contribution is 6.06. The quantitative estimate of drug-likeness (QED) is 0.606. The molecule has 4 nitrogen and oxygen atoms in total. The highest BCUT2D eigenvalue weighted by Crippen LogP contribution is 2.15. The van der Waals surface area contributed by atoms with Gasteiger partial charge in [-0.15, -0.1) is 0 Å². The van der Waals surface area contributed by atoms with Gasteiger partial charge in [0.05, 0.1) is 0 Å². The molecule has 0 aliphatic heterocycles. The van der Waals surface area contributed by atoms with Gasteiger partial charge in [-0.25, -0.2) is 0 Å². The zero-order chi connectivity index (χ0) is 19.9. The number of benzene rings is 3. The normalized spacial score (nSPS) is 10.6. The van der Waals surface area contributed by atoms with Gasteiger partial charge in [-0.2, -0.15) is 0 Å². The first kappa shape index (κ1) is 19.1. The summed E-state index contributed by atoms with van der Waals surface area (Å²) in [5, 5.41) is 5.65. The number of amides is 2. The second kappa shape index (κ2) is 8.82. The Morgan fingerprint density at radius 1 is 0.750 bits per heavy atom. The van der Waals surface area contributed by atoms with Crippen LogP contribution < -0.4 is 10.6 Å². The molecule has 0 saturated heterocycles. The van der Waals surface area contributed by atoms with E-state index in [0.717, 1.165) is 16.8 Å². The third-order valence-electron chi connectivity index (χ3n) is 4.17. The molecule has 0 unspecified atom stereocenters. The molecule has 3 aromatic carbocycles. The maximum Gasteiger partial charge on any atom is 0.255 e. The number of anilines is 2. The Balaban J connectivity index is 1.64. The summed E-state index contributed by atoms with van der Waals surface area (Å²) in [6.45, 7) is 3.98. The topological polar surface area (TPSA) is 58.2 Å². The number of carbonyl (C=O) groups is 2. The molecule has 0 aromatic heterocycles. The van der Waals surface area contributed by atoms with Gasteiger partial charge in [0.15, 0.2) is 0 Å². The Morgan fingerprint density at radius 2 is 1.43 bits per heavy atom. The molecule has 0 heterocycles. The van der Waals surface area contributed by atoms with Crippen LogP contribution in [0.3, 0.4) is 0 Å². The zero-order valence-electron chi connectivity index (χ0n) is 15.9. The summed E-state index contributed by atoms with van der Waals surface area (Å²) in [6.07, 6.45) is 3.23. The third-order valence-corrected chi connectivity index (χ3v) is 4.17. The molecule has 0 aliphatic rings. The first-order valence-corrected chi connectivity index (χ1v) is 9.03. The molecular formula is C24H22N2O2. The largest absolute Gasteiger partial charge is 0.322 e. The first-order valence-electron chi connectivity index (χ1n) is 9.03. The van der Waals surface area contributed by atoms with Crippen molar-refractivity contribution in [1.82, 2.24) is 0 Å². The number of rotatable bonds is 5. The second-order valence-corrected chi connectivity index (χ2v) is 6.64. The molecule has 0 radical (unpaired) electrons. The molecule has 0 aliphatic carbocycles. The average Bonchev–Trinajstić information content (AvgIpc) is 2.68. The zero-order valence-corrected chi connectivity index (χ0v) is 15.9. The monoisotopic (exact) mass is 370 g/mol. The van der Waals surface area contributed by atoms with Crippen LogP contribution in [0.4, 0.5) is 11.4 Å². The fourth-order valence-electron chi connectivity index (χ4n) is 2.70. The van der Waals surface area contributed by atoms with Crippen molar-refractivity contribution in [2.24, 2.45) is 0 Å². The summed E-state index contributed by atoms with van der Waals surface area (Å²) in [4.78, 5) is 24.6. The molecular weight excluding hydrogens is 348 g/mol. The van der Waals surface area contributed by atoms with Gasteiger partial charge in [-0.05, 0) is 61.4 Å². The summed E-state index contributed by atoms with van der Waals surface area (Å²) < 4.78 is 0. The molecule has 2 amide bonds. The van der Waals surface area contributed by atoms with E-state index in [-0.39, 0.29) is 11.8 Å². The predicted molar refractivity (Wildman–Crippen MR) is 114 cm³/mol. The van der Waals surface area contributed by atoms with E-state index in [9.17, 15) is 9.59 Å². The Labute approximate surface area is 164 Å². The third kappa shape index (κ3) is 5.42. The van der Waals surface area contributed by atoms with E-state index < -0.39 is 0 Å². The molecule has 28 heavy (non-hydrogen) atoms. The molecule has 140 valence electrons. The van der Waals surface area contributed by atoms with Crippen molar-refractivity contribution in [2.75, 3.05) is 10.6 Å². The summed E-state index contributed by atoms with van der Waals surface area (Å²) >= 11 is 0. The summed E-state index contributed by atoms with van der Waals surface area (Å²) in [5.41, 5.74) is 4.96. The SMILES string of the molecule is Cc1ccc(/C=C/C(=O)Nc2cccc(C(=O)Nc3cccc(C)c3)c2)cc1. The standard InChI is InChI=1S/C24H22N2O2/c1-17-9-11-19(12-10-17)13-14-23(27)25-22-8-4-6-20(16-22)24(28)26-21-7-3-5-18(2)15-21/h3-16H,1-2H3,(H,25,27)(H,26,28)/b14-13+. The summed E-state index contributed by atoms with van der Waals surface area (Å²) in [5.74, 6) is -0.478. The molecule has 0 atom stereocenters. The smallest absolute Gasteiger partial charge is 0.255 e. The lowest BCUT2D eigenvalue weighted by molar-refractivity contribution is -0.111. The highest BCUT2D eigenvalue weighted by atomic mass is 16.2. The van der Waals surface area contributed by atoms with E-state index in [1.165, 1.54) is 11.6 Å². The Morgan fingerprint density at radius 3 is 2.14 bits per heavy atom. The van der Waals surface area contributed by atoms with Gasteiger partial charge in [0.1, 0.15) is 0 Å². The number of aryl methyl sites for hydroxylation is 2. The fourth-order valence-corrected chi connectivity index (χ4v) is 2.70. The van der Waals surface area contributed by atoms with Crippen molar-refractivity contribution in [3.8, 4) is 0 Å². The molecule has 3 rings (SSSR count). The fraction of sp³-hybridized carbons (Fsp3) is 0.0833. The van der Waals surface area contributed by atoms with E-state index in [4.69, 9.17) is 0 Å². The van der Waals surface area contributed by atoms with Crippen LogP contribution in [0.25, 0.3) is 6.08 Å². The molecule has 0 bridgehead atoms. The van der Waals surface area contributed by atoms with Gasteiger partial charge in [0, 0.05) is 23.0 Å². The van der Waals surface area contributed by atoms with Crippen molar-refractivity contribution in [1.29, 1.82) is 0 Å². The van der Waals surface area contributed by atoms with Crippen LogP contribution in [0.5, 0.6) is 0 Å². The highest BCUT2D eigenvalue weighted by Gasteiger charge is 2.08. The number of nitrogens with one attached hydrogen (secondary N) is 2. The molecule has 0 saturated carbocycles. The van der Waals surface area contributed by atoms with Crippen molar-refractivity contribution < 1.29 is 9.59 Å². The van der Waals surface area contributed by atoms with E-state index in [1.807, 2.05) is 62.4 Å². The van der Waals surface area contributed by atoms with E-state index in [0.29, 0.717) is 11.3 Å². The first-order chi connectivity index (χ1) is 13.5. The minimum atomic E-state index is -0.253. The summed E-state index contributed by atoms with van der Waals surface area (Å²) in [6, 6.07) is 22.4. The van der Waals surface area contributed by atoms with Crippen LogP contribution >= 0.6 is 0 Å². The van der Waals surface area contributed by atoms with Crippen LogP contribution in [0.1, 0.15) is 27.0 Å². The van der Waals surface area contributed by atoms with Gasteiger partial charge in [0.2, 0.25) is 5.91 Å². The van der Waals surface area contributed by atoms with Gasteiger partial charge in [-0.3, -0.25) is 9.59 Å². The summed E-state index contributed by atoms with van der Waals surface area (Å²) in [7, 11) is 0. The lowest BCUT2D eigenvalue weighted by Gasteiger charge is -2.08. The van der Waals surface area contributed by atoms with Crippen LogP contribution in [0, 0.1) is 13.8 Å². The lowest BCUT2D eigenvalue weighted by atomic mass is 10.1. The number of carbonyl (C=O) groups excluding carboxylic acids is 2. The van der Waals surface area contributed by atoms with Crippen LogP contribution in [0.2, 0.25) is 0 Å².